The number of nitrogens with zero attached hydrogens (tertiary/aromatic N) is 1. The fourth-order valence-electron chi connectivity index (χ4n) is 4.17. The van der Waals surface area contributed by atoms with Crippen molar-refractivity contribution in [1.82, 2.24) is 10.3 Å². The van der Waals surface area contributed by atoms with Gasteiger partial charge in [-0.25, -0.2) is 0 Å². The van der Waals surface area contributed by atoms with Crippen LogP contribution in [0.15, 0.2) is 36.4 Å². The number of carbonyl (C=O) groups excluding carboxylic acids is 2. The van der Waals surface area contributed by atoms with E-state index in [0.717, 1.165) is 21.5 Å². The Bertz CT molecular complexity index is 1140. The zero-order valence-corrected chi connectivity index (χ0v) is 18.7. The van der Waals surface area contributed by atoms with E-state index in [4.69, 9.17) is 21.1 Å². The summed E-state index contributed by atoms with van der Waals surface area (Å²) in [5.74, 6) is -1.14. The Hall–Kier alpha value is -2.39. The first-order chi connectivity index (χ1) is 14.8. The molecule has 0 saturated carbocycles. The van der Waals surface area contributed by atoms with Crippen molar-refractivity contribution in [3.8, 4) is 0 Å². The molecule has 1 saturated heterocycles. The fraction of sp³-hybridized carbons (Fsp3) is 0.364. The molecule has 31 heavy (non-hydrogen) atoms. The summed E-state index contributed by atoms with van der Waals surface area (Å²) in [6, 6.07) is 10.6. The molecule has 2 aliphatic rings. The Balaban J connectivity index is 1.37. The minimum Gasteiger partial charge on any atom is -0.348 e. The van der Waals surface area contributed by atoms with Gasteiger partial charge in [-0.05, 0) is 37.6 Å². The average Bonchev–Trinajstić information content (AvgIpc) is 3.37. The molecular weight excluding hydrogens is 438 g/mol. The van der Waals surface area contributed by atoms with E-state index < -0.39 is 11.8 Å². The van der Waals surface area contributed by atoms with Crippen LogP contribution in [-0.4, -0.2) is 47.9 Å². The number of para-hydroxylation sites is 1. The molecule has 162 valence electrons. The summed E-state index contributed by atoms with van der Waals surface area (Å²) in [5.41, 5.74) is 2.26. The summed E-state index contributed by atoms with van der Waals surface area (Å²) in [7, 11) is 0. The number of thiophene rings is 1. The largest absolute Gasteiger partial charge is 0.348 e. The number of anilines is 1. The van der Waals surface area contributed by atoms with Crippen LogP contribution in [0.5, 0.6) is 0 Å². The lowest BCUT2D eigenvalue weighted by Crippen LogP contribution is -2.54. The van der Waals surface area contributed by atoms with Crippen molar-refractivity contribution in [3.05, 3.63) is 52.0 Å². The lowest BCUT2D eigenvalue weighted by atomic mass is 9.96. The summed E-state index contributed by atoms with van der Waals surface area (Å²) in [4.78, 5) is 31.8. The third kappa shape index (κ3) is 3.96. The van der Waals surface area contributed by atoms with Crippen LogP contribution in [0.4, 0.5) is 5.69 Å². The number of hydrogen-bond acceptors (Lipinski definition) is 5. The number of rotatable bonds is 4. The van der Waals surface area contributed by atoms with Crippen LogP contribution in [0.3, 0.4) is 0 Å². The van der Waals surface area contributed by atoms with Crippen LogP contribution in [0.25, 0.3) is 10.2 Å². The maximum Gasteiger partial charge on any atom is 0.268 e. The van der Waals surface area contributed by atoms with Crippen LogP contribution in [-0.2, 0) is 20.7 Å². The third-order valence-electron chi connectivity index (χ3n) is 5.55. The van der Waals surface area contributed by atoms with Gasteiger partial charge in [-0.15, -0.1) is 11.3 Å². The van der Waals surface area contributed by atoms with Crippen molar-refractivity contribution < 1.29 is 19.1 Å². The number of H-pyrrole nitrogens is 1. The van der Waals surface area contributed by atoms with Crippen molar-refractivity contribution >= 4 is 50.7 Å². The molecule has 0 aliphatic carbocycles. The molecule has 0 spiro atoms. The molecule has 2 aliphatic heterocycles. The molecule has 2 atom stereocenters. The summed E-state index contributed by atoms with van der Waals surface area (Å²) in [6.07, 6.45) is 0.201. The molecule has 5 rings (SSSR count). The number of nitrogens with one attached hydrogen (secondary N) is 2. The second-order valence-electron chi connectivity index (χ2n) is 8.28. The molecule has 2 aromatic heterocycles. The SMILES string of the molecule is CC1(C)OC[C@@H](CN2C(=O)C(NC(=O)c3cc4cc(Cl)sc4[nH]3)Cc3ccccc32)O1. The maximum atomic E-state index is 13.4. The molecule has 2 amide bonds. The smallest absolute Gasteiger partial charge is 0.268 e. The van der Waals surface area contributed by atoms with Crippen molar-refractivity contribution in [2.45, 2.75) is 38.2 Å². The fourth-order valence-corrected chi connectivity index (χ4v) is 5.30. The highest BCUT2D eigenvalue weighted by Gasteiger charge is 2.39. The second-order valence-corrected chi connectivity index (χ2v) is 9.96. The van der Waals surface area contributed by atoms with E-state index in [1.165, 1.54) is 11.3 Å². The summed E-state index contributed by atoms with van der Waals surface area (Å²) >= 11 is 7.39. The Kier molecular flexibility index (Phi) is 5.05. The zero-order chi connectivity index (χ0) is 21.8. The van der Waals surface area contributed by atoms with Gasteiger partial charge in [-0.2, -0.15) is 0 Å². The van der Waals surface area contributed by atoms with Crippen molar-refractivity contribution in [1.29, 1.82) is 0 Å². The Morgan fingerprint density at radius 1 is 1.35 bits per heavy atom. The Morgan fingerprint density at radius 2 is 2.16 bits per heavy atom. The number of hydrogen-bond donors (Lipinski definition) is 2. The number of aromatic amines is 1. The molecule has 0 bridgehead atoms. The van der Waals surface area contributed by atoms with Gasteiger partial charge in [0.05, 0.1) is 17.5 Å². The predicted molar refractivity (Wildman–Crippen MR) is 120 cm³/mol. The first-order valence-electron chi connectivity index (χ1n) is 10.1. The molecule has 0 radical (unpaired) electrons. The second kappa shape index (κ2) is 7.63. The quantitative estimate of drug-likeness (QED) is 0.622. The Labute approximate surface area is 188 Å². The molecule has 7 nitrogen and oxygen atoms in total. The number of amides is 2. The van der Waals surface area contributed by atoms with Gasteiger partial charge < -0.3 is 24.7 Å². The van der Waals surface area contributed by atoms with E-state index in [1.54, 1.807) is 11.0 Å². The van der Waals surface area contributed by atoms with Gasteiger partial charge in [0.1, 0.15) is 22.7 Å². The standard InChI is InChI=1S/C22H22ClN3O4S/c1-22(2)29-11-14(30-22)10-26-17-6-4-3-5-12(17)7-16(21(26)28)24-19(27)15-8-13-9-18(23)31-20(13)25-15/h3-6,8-9,14,16,25H,7,10-11H2,1-2H3,(H,24,27)/t14-,16?/m1/s1. The summed E-state index contributed by atoms with van der Waals surface area (Å²) in [6.45, 7) is 4.49. The summed E-state index contributed by atoms with van der Waals surface area (Å²) < 4.78 is 12.2. The van der Waals surface area contributed by atoms with Gasteiger partial charge in [0.2, 0.25) is 5.91 Å². The van der Waals surface area contributed by atoms with Crippen LogP contribution in [0.1, 0.15) is 29.9 Å². The van der Waals surface area contributed by atoms with Gasteiger partial charge in [0.25, 0.3) is 5.91 Å². The zero-order valence-electron chi connectivity index (χ0n) is 17.1. The number of halogens is 1. The third-order valence-corrected chi connectivity index (χ3v) is 6.75. The van der Waals surface area contributed by atoms with Gasteiger partial charge >= 0.3 is 0 Å². The maximum absolute atomic E-state index is 13.4. The van der Waals surface area contributed by atoms with E-state index in [9.17, 15) is 9.59 Å². The normalized spacial score (nSPS) is 22.7. The molecule has 4 heterocycles. The number of aromatic nitrogens is 1. The molecule has 2 N–H and O–H groups in total. The average molecular weight is 460 g/mol. The summed E-state index contributed by atoms with van der Waals surface area (Å²) in [5, 5.41) is 3.78. The van der Waals surface area contributed by atoms with Crippen LogP contribution >= 0.6 is 22.9 Å². The van der Waals surface area contributed by atoms with Gasteiger partial charge in [-0.3, -0.25) is 9.59 Å². The molecule has 3 aromatic rings. The highest BCUT2D eigenvalue weighted by molar-refractivity contribution is 7.22. The van der Waals surface area contributed by atoms with Crippen molar-refractivity contribution in [2.24, 2.45) is 0 Å². The van der Waals surface area contributed by atoms with Crippen LogP contribution in [0.2, 0.25) is 4.34 Å². The van der Waals surface area contributed by atoms with E-state index >= 15 is 0 Å². The highest BCUT2D eigenvalue weighted by atomic mass is 35.5. The van der Waals surface area contributed by atoms with Gasteiger partial charge in [-0.1, -0.05) is 29.8 Å². The van der Waals surface area contributed by atoms with E-state index in [1.807, 2.05) is 44.2 Å². The van der Waals surface area contributed by atoms with E-state index in [0.29, 0.717) is 29.6 Å². The predicted octanol–water partition coefficient (Wildman–Crippen LogP) is 3.72. The minimum atomic E-state index is -0.667. The number of ether oxygens (including phenoxy) is 2. The van der Waals surface area contributed by atoms with Crippen molar-refractivity contribution in [2.75, 3.05) is 18.1 Å². The molecular formula is C22H22ClN3O4S. The monoisotopic (exact) mass is 459 g/mol. The topological polar surface area (TPSA) is 83.7 Å². The van der Waals surface area contributed by atoms with Gasteiger partial charge in [0.15, 0.2) is 5.79 Å². The van der Waals surface area contributed by atoms with Crippen molar-refractivity contribution in [3.63, 3.8) is 0 Å². The number of fused-ring (bicyclic) bond motifs is 2. The molecule has 1 fully saturated rings. The highest BCUT2D eigenvalue weighted by Crippen LogP contribution is 2.32. The minimum absolute atomic E-state index is 0.156. The van der Waals surface area contributed by atoms with E-state index in [-0.39, 0.29) is 17.9 Å². The van der Waals surface area contributed by atoms with Crippen LogP contribution < -0.4 is 10.2 Å². The lowest BCUT2D eigenvalue weighted by Gasteiger charge is -2.35. The lowest BCUT2D eigenvalue weighted by molar-refractivity contribution is -0.138. The van der Waals surface area contributed by atoms with Crippen LogP contribution in [0, 0.1) is 0 Å². The molecule has 1 unspecified atom stereocenters. The number of benzene rings is 1. The first-order valence-corrected chi connectivity index (χ1v) is 11.3. The molecule has 1 aromatic carbocycles. The number of carbonyl (C=O) groups is 2. The van der Waals surface area contributed by atoms with E-state index in [2.05, 4.69) is 10.3 Å². The first kappa shape index (κ1) is 20.5. The van der Waals surface area contributed by atoms with Gasteiger partial charge in [0, 0.05) is 17.5 Å². The Morgan fingerprint density at radius 3 is 2.90 bits per heavy atom. The molecule has 9 heteroatoms.